The molecule has 2 rings (SSSR count). The molecule has 23 heavy (non-hydrogen) atoms. The zero-order chi connectivity index (χ0) is 16.8. The molecule has 1 N–H and O–H groups in total. The summed E-state index contributed by atoms with van der Waals surface area (Å²) in [6, 6.07) is 12.9. The lowest BCUT2D eigenvalue weighted by atomic mass is 10.1. The van der Waals surface area contributed by atoms with Crippen LogP contribution in [0.15, 0.2) is 48.5 Å². The molecule has 0 saturated carbocycles. The van der Waals surface area contributed by atoms with Gasteiger partial charge in [0.2, 0.25) is 0 Å². The van der Waals surface area contributed by atoms with E-state index in [9.17, 15) is 14.4 Å². The fourth-order valence-corrected chi connectivity index (χ4v) is 1.93. The molecule has 0 fully saturated rings. The molecule has 2 aromatic rings. The maximum atomic E-state index is 12.0. The van der Waals surface area contributed by atoms with Crippen LogP contribution in [0.3, 0.4) is 0 Å². The number of carbonyl (C=O) groups excluding carboxylic acids is 3. The molecular formula is C18H17NO4. The third-order valence-electron chi connectivity index (χ3n) is 3.17. The molecule has 0 aliphatic carbocycles. The number of carbonyl (C=O) groups is 3. The minimum absolute atomic E-state index is 0.294. The Morgan fingerprint density at radius 1 is 0.913 bits per heavy atom. The Morgan fingerprint density at radius 2 is 1.48 bits per heavy atom. The summed E-state index contributed by atoms with van der Waals surface area (Å²) < 4.78 is 4.87. The second kappa shape index (κ2) is 7.35. The van der Waals surface area contributed by atoms with E-state index >= 15 is 0 Å². The molecular weight excluding hydrogens is 294 g/mol. The third-order valence-corrected chi connectivity index (χ3v) is 3.17. The fourth-order valence-electron chi connectivity index (χ4n) is 1.93. The first kappa shape index (κ1) is 16.4. The van der Waals surface area contributed by atoms with Crippen molar-refractivity contribution in [1.29, 1.82) is 0 Å². The van der Waals surface area contributed by atoms with E-state index in [1.165, 1.54) is 12.1 Å². The van der Waals surface area contributed by atoms with E-state index in [1.807, 2.05) is 6.92 Å². The number of anilines is 1. The second-order valence-corrected chi connectivity index (χ2v) is 4.95. The van der Waals surface area contributed by atoms with Crippen LogP contribution in [0.5, 0.6) is 0 Å². The van der Waals surface area contributed by atoms with Crippen LogP contribution in [0.2, 0.25) is 0 Å². The molecule has 0 aromatic heterocycles. The molecule has 2 aromatic carbocycles. The lowest BCUT2D eigenvalue weighted by Gasteiger charge is -2.06. The van der Waals surface area contributed by atoms with Gasteiger partial charge in [-0.1, -0.05) is 29.8 Å². The lowest BCUT2D eigenvalue weighted by molar-refractivity contribution is -0.112. The number of aryl methyl sites for hydroxylation is 1. The molecule has 0 unspecified atom stereocenters. The number of rotatable bonds is 5. The number of ether oxygens (including phenoxy) is 1. The van der Waals surface area contributed by atoms with Gasteiger partial charge in [0, 0.05) is 11.3 Å². The van der Waals surface area contributed by atoms with Crippen molar-refractivity contribution < 1.29 is 19.1 Å². The average molecular weight is 311 g/mol. The minimum atomic E-state index is -0.724. The van der Waals surface area contributed by atoms with Crippen LogP contribution in [0.1, 0.15) is 33.2 Å². The summed E-state index contributed by atoms with van der Waals surface area (Å²) >= 11 is 0. The molecule has 0 radical (unpaired) electrons. The molecule has 0 aliphatic heterocycles. The van der Waals surface area contributed by atoms with E-state index < -0.39 is 17.7 Å². The maximum Gasteiger partial charge on any atom is 0.338 e. The Balaban J connectivity index is 2.03. The highest BCUT2D eigenvalue weighted by Gasteiger charge is 2.16. The van der Waals surface area contributed by atoms with Crippen LogP contribution < -0.4 is 5.32 Å². The molecule has 5 heteroatoms. The van der Waals surface area contributed by atoms with Crippen molar-refractivity contribution in [3.8, 4) is 0 Å². The van der Waals surface area contributed by atoms with Crippen LogP contribution in [0.4, 0.5) is 5.69 Å². The van der Waals surface area contributed by atoms with Crippen LogP contribution in [-0.4, -0.2) is 24.3 Å². The van der Waals surface area contributed by atoms with E-state index in [-0.39, 0.29) is 0 Å². The standard InChI is InChI=1S/C18H17NO4/c1-3-23-18(22)14-8-10-15(11-9-14)19-17(21)16(20)13-6-4-12(2)5-7-13/h4-11H,3H2,1-2H3,(H,19,21). The molecule has 118 valence electrons. The van der Waals surface area contributed by atoms with Crippen molar-refractivity contribution in [3.05, 3.63) is 65.2 Å². The smallest absolute Gasteiger partial charge is 0.338 e. The normalized spacial score (nSPS) is 10.0. The Labute approximate surface area is 134 Å². The highest BCUT2D eigenvalue weighted by Crippen LogP contribution is 2.12. The van der Waals surface area contributed by atoms with E-state index in [0.717, 1.165) is 5.56 Å². The number of hydrogen-bond donors (Lipinski definition) is 1. The first-order valence-electron chi connectivity index (χ1n) is 7.21. The predicted molar refractivity (Wildman–Crippen MR) is 86.5 cm³/mol. The first-order valence-corrected chi connectivity index (χ1v) is 7.21. The van der Waals surface area contributed by atoms with Crippen molar-refractivity contribution in [2.75, 3.05) is 11.9 Å². The van der Waals surface area contributed by atoms with E-state index in [2.05, 4.69) is 5.32 Å². The van der Waals surface area contributed by atoms with Gasteiger partial charge in [0.05, 0.1) is 12.2 Å². The minimum Gasteiger partial charge on any atom is -0.462 e. The van der Waals surface area contributed by atoms with E-state index in [0.29, 0.717) is 23.4 Å². The zero-order valence-corrected chi connectivity index (χ0v) is 13.0. The van der Waals surface area contributed by atoms with Crippen molar-refractivity contribution in [2.24, 2.45) is 0 Å². The number of Topliss-reactive ketones (excluding diaryl/α,β-unsaturated/α-hetero) is 1. The van der Waals surface area contributed by atoms with E-state index in [4.69, 9.17) is 4.74 Å². The van der Waals surface area contributed by atoms with E-state index in [1.54, 1.807) is 43.3 Å². The van der Waals surface area contributed by atoms with Gasteiger partial charge in [-0.2, -0.15) is 0 Å². The summed E-state index contributed by atoms with van der Waals surface area (Å²) in [7, 11) is 0. The Bertz CT molecular complexity index is 718. The van der Waals surface area contributed by atoms with Crippen molar-refractivity contribution in [1.82, 2.24) is 0 Å². The van der Waals surface area contributed by atoms with Crippen molar-refractivity contribution in [2.45, 2.75) is 13.8 Å². The SMILES string of the molecule is CCOC(=O)c1ccc(NC(=O)C(=O)c2ccc(C)cc2)cc1. The van der Waals surface area contributed by atoms with Gasteiger partial charge >= 0.3 is 5.97 Å². The highest BCUT2D eigenvalue weighted by molar-refractivity contribution is 6.46. The summed E-state index contributed by atoms with van der Waals surface area (Å²) in [5, 5.41) is 2.51. The Kier molecular flexibility index (Phi) is 5.25. The third kappa shape index (κ3) is 4.26. The van der Waals surface area contributed by atoms with Gasteiger partial charge < -0.3 is 10.1 Å². The van der Waals surface area contributed by atoms with Crippen molar-refractivity contribution in [3.63, 3.8) is 0 Å². The largest absolute Gasteiger partial charge is 0.462 e. The second-order valence-electron chi connectivity index (χ2n) is 4.95. The Morgan fingerprint density at radius 3 is 2.04 bits per heavy atom. The monoisotopic (exact) mass is 311 g/mol. The predicted octanol–water partition coefficient (Wildman–Crippen LogP) is 2.99. The maximum absolute atomic E-state index is 12.0. The van der Waals surface area contributed by atoms with Gasteiger partial charge in [-0.3, -0.25) is 9.59 Å². The summed E-state index contributed by atoms with van der Waals surface area (Å²) in [4.78, 5) is 35.5. The summed E-state index contributed by atoms with van der Waals surface area (Å²) in [5.74, 6) is -1.77. The van der Waals surface area contributed by atoms with Crippen LogP contribution in [0, 0.1) is 6.92 Å². The van der Waals surface area contributed by atoms with Gasteiger partial charge in [0.15, 0.2) is 0 Å². The molecule has 0 bridgehead atoms. The summed E-state index contributed by atoms with van der Waals surface area (Å²) in [5.41, 5.74) is 2.16. The summed E-state index contributed by atoms with van der Waals surface area (Å²) in [6.07, 6.45) is 0. The van der Waals surface area contributed by atoms with Gasteiger partial charge in [-0.05, 0) is 38.1 Å². The quantitative estimate of drug-likeness (QED) is 0.523. The molecule has 0 aliphatic rings. The van der Waals surface area contributed by atoms with Crippen LogP contribution in [-0.2, 0) is 9.53 Å². The van der Waals surface area contributed by atoms with Crippen LogP contribution in [0.25, 0.3) is 0 Å². The zero-order valence-electron chi connectivity index (χ0n) is 13.0. The highest BCUT2D eigenvalue weighted by atomic mass is 16.5. The first-order chi connectivity index (χ1) is 11.0. The van der Waals surface area contributed by atoms with Gasteiger partial charge in [-0.15, -0.1) is 0 Å². The van der Waals surface area contributed by atoms with Gasteiger partial charge in [0.25, 0.3) is 11.7 Å². The van der Waals surface area contributed by atoms with Gasteiger partial charge in [-0.25, -0.2) is 4.79 Å². The summed E-state index contributed by atoms with van der Waals surface area (Å²) in [6.45, 7) is 3.92. The fraction of sp³-hybridized carbons (Fsp3) is 0.167. The van der Waals surface area contributed by atoms with Crippen molar-refractivity contribution >= 4 is 23.3 Å². The molecule has 5 nitrogen and oxygen atoms in total. The number of nitrogens with one attached hydrogen (secondary N) is 1. The lowest BCUT2D eigenvalue weighted by Crippen LogP contribution is -2.22. The molecule has 1 amide bonds. The molecule has 0 saturated heterocycles. The number of ketones is 1. The molecule has 0 spiro atoms. The van der Waals surface area contributed by atoms with Gasteiger partial charge in [0.1, 0.15) is 0 Å². The number of benzene rings is 2. The topological polar surface area (TPSA) is 72.5 Å². The molecule has 0 atom stereocenters. The number of esters is 1. The van der Waals surface area contributed by atoms with Crippen LogP contribution >= 0.6 is 0 Å². The molecule has 0 heterocycles. The Hall–Kier alpha value is -2.95. The number of hydrogen-bond acceptors (Lipinski definition) is 4. The average Bonchev–Trinajstić information content (AvgIpc) is 2.55. The number of amides is 1.